The van der Waals surface area contributed by atoms with Gasteiger partial charge < -0.3 is 5.73 Å². The van der Waals surface area contributed by atoms with Gasteiger partial charge in [0, 0.05) is 22.0 Å². The van der Waals surface area contributed by atoms with Crippen LogP contribution < -0.4 is 10.5 Å². The van der Waals surface area contributed by atoms with Crippen LogP contribution in [0.4, 0.5) is 5.69 Å². The van der Waals surface area contributed by atoms with Gasteiger partial charge in [-0.2, -0.15) is 11.8 Å². The summed E-state index contributed by atoms with van der Waals surface area (Å²) in [6.45, 7) is 4.07. The maximum absolute atomic E-state index is 12.2. The lowest BCUT2D eigenvalue weighted by Gasteiger charge is -2.13. The molecule has 0 saturated heterocycles. The summed E-state index contributed by atoms with van der Waals surface area (Å²) in [4.78, 5) is 0.225. The minimum Gasteiger partial charge on any atom is -0.398 e. The first-order valence-corrected chi connectivity index (χ1v) is 8.92. The molecule has 1 aromatic carbocycles. The number of benzene rings is 1. The molecule has 7 heteroatoms. The minimum absolute atomic E-state index is 0.225. The first-order chi connectivity index (χ1) is 8.27. The van der Waals surface area contributed by atoms with Gasteiger partial charge in [-0.25, -0.2) is 13.1 Å². The Balaban J connectivity index is 3.05. The fraction of sp³-hybridized carbons (Fsp3) is 0.455. The molecular weight excluding hydrogens is 336 g/mol. The lowest BCUT2D eigenvalue weighted by atomic mass is 10.2. The zero-order chi connectivity index (χ0) is 13.9. The molecule has 1 aromatic rings. The van der Waals surface area contributed by atoms with Gasteiger partial charge in [0.1, 0.15) is 0 Å². The summed E-state index contributed by atoms with van der Waals surface area (Å²) in [7, 11) is -3.51. The third kappa shape index (κ3) is 3.88. The highest BCUT2D eigenvalue weighted by atomic mass is 79.9. The van der Waals surface area contributed by atoms with Crippen LogP contribution in [0.15, 0.2) is 21.5 Å². The van der Waals surface area contributed by atoms with Crippen molar-refractivity contribution in [2.45, 2.75) is 24.0 Å². The van der Waals surface area contributed by atoms with Gasteiger partial charge in [0.2, 0.25) is 10.0 Å². The van der Waals surface area contributed by atoms with E-state index in [1.54, 1.807) is 30.8 Å². The lowest BCUT2D eigenvalue weighted by Crippen LogP contribution is -2.30. The Morgan fingerprint density at radius 3 is 2.67 bits per heavy atom. The second-order valence-electron chi connectivity index (χ2n) is 4.02. The first kappa shape index (κ1) is 15.8. The van der Waals surface area contributed by atoms with Crippen LogP contribution in [0.2, 0.25) is 0 Å². The smallest absolute Gasteiger partial charge is 0.240 e. The number of nitrogen functional groups attached to an aromatic ring is 1. The molecule has 0 bridgehead atoms. The second kappa shape index (κ2) is 6.27. The van der Waals surface area contributed by atoms with Crippen molar-refractivity contribution in [2.75, 3.05) is 18.5 Å². The molecule has 0 radical (unpaired) electrons. The maximum Gasteiger partial charge on any atom is 0.240 e. The number of halogens is 1. The number of hydrogen-bond donors (Lipinski definition) is 2. The van der Waals surface area contributed by atoms with Crippen molar-refractivity contribution < 1.29 is 8.42 Å². The molecule has 0 aromatic heterocycles. The highest BCUT2D eigenvalue weighted by molar-refractivity contribution is 9.10. The van der Waals surface area contributed by atoms with Gasteiger partial charge in [0.05, 0.1) is 4.90 Å². The molecule has 4 nitrogen and oxygen atoms in total. The van der Waals surface area contributed by atoms with Gasteiger partial charge in [0.15, 0.2) is 0 Å². The van der Waals surface area contributed by atoms with Crippen LogP contribution >= 0.6 is 27.7 Å². The van der Waals surface area contributed by atoms with Gasteiger partial charge in [-0.05, 0) is 30.9 Å². The Hall–Kier alpha value is -0.240. The van der Waals surface area contributed by atoms with Crippen molar-refractivity contribution in [3.63, 3.8) is 0 Å². The van der Waals surface area contributed by atoms with E-state index < -0.39 is 10.0 Å². The number of nitrogens with two attached hydrogens (primary N) is 1. The number of rotatable bonds is 5. The number of thioether (sulfide) groups is 1. The number of nitrogens with one attached hydrogen (secondary N) is 1. The SMILES string of the molecule is CSC(C)CNS(=O)(=O)c1cc(Br)cc(N)c1C. The number of hydrogen-bond acceptors (Lipinski definition) is 4. The van der Waals surface area contributed by atoms with Crippen LogP contribution in [0.5, 0.6) is 0 Å². The largest absolute Gasteiger partial charge is 0.398 e. The highest BCUT2D eigenvalue weighted by Gasteiger charge is 2.19. The van der Waals surface area contributed by atoms with Gasteiger partial charge in [-0.3, -0.25) is 0 Å². The van der Waals surface area contributed by atoms with Crippen LogP contribution in [0, 0.1) is 6.92 Å². The number of anilines is 1. The summed E-state index contributed by atoms with van der Waals surface area (Å²) in [5.41, 5.74) is 6.81. The molecular formula is C11H17BrN2O2S2. The van der Waals surface area contributed by atoms with Crippen LogP contribution in [0.1, 0.15) is 12.5 Å². The second-order valence-corrected chi connectivity index (χ2v) is 7.94. The maximum atomic E-state index is 12.2. The average Bonchev–Trinajstić information content (AvgIpc) is 2.30. The topological polar surface area (TPSA) is 72.2 Å². The van der Waals surface area contributed by atoms with Crippen molar-refractivity contribution in [1.29, 1.82) is 0 Å². The van der Waals surface area contributed by atoms with E-state index in [1.165, 1.54) is 0 Å². The number of sulfonamides is 1. The third-order valence-corrected chi connectivity index (χ3v) is 5.60. The molecule has 0 heterocycles. The van der Waals surface area contributed by atoms with Gasteiger partial charge in [-0.1, -0.05) is 22.9 Å². The van der Waals surface area contributed by atoms with Crippen molar-refractivity contribution in [3.05, 3.63) is 22.2 Å². The summed E-state index contributed by atoms with van der Waals surface area (Å²) < 4.78 is 27.6. The van der Waals surface area contributed by atoms with E-state index in [-0.39, 0.29) is 10.1 Å². The fourth-order valence-electron chi connectivity index (χ4n) is 1.34. The minimum atomic E-state index is -3.51. The van der Waals surface area contributed by atoms with E-state index in [4.69, 9.17) is 5.73 Å². The van der Waals surface area contributed by atoms with Gasteiger partial charge >= 0.3 is 0 Å². The quantitative estimate of drug-likeness (QED) is 0.798. The normalized spacial score (nSPS) is 13.6. The summed E-state index contributed by atoms with van der Waals surface area (Å²) in [5, 5.41) is 0.226. The average molecular weight is 353 g/mol. The molecule has 18 heavy (non-hydrogen) atoms. The lowest BCUT2D eigenvalue weighted by molar-refractivity contribution is 0.581. The van der Waals surface area contributed by atoms with Crippen molar-refractivity contribution in [1.82, 2.24) is 4.72 Å². The van der Waals surface area contributed by atoms with Crippen LogP contribution in [0.25, 0.3) is 0 Å². The zero-order valence-corrected chi connectivity index (χ0v) is 13.7. The fourth-order valence-corrected chi connectivity index (χ4v) is 3.75. The summed E-state index contributed by atoms with van der Waals surface area (Å²) in [5.74, 6) is 0. The Morgan fingerprint density at radius 1 is 1.50 bits per heavy atom. The van der Waals surface area contributed by atoms with Crippen molar-refractivity contribution in [2.24, 2.45) is 0 Å². The van der Waals surface area contributed by atoms with E-state index in [2.05, 4.69) is 20.7 Å². The molecule has 1 rings (SSSR count). The van der Waals surface area contributed by atoms with Crippen LogP contribution in [-0.4, -0.2) is 26.5 Å². The van der Waals surface area contributed by atoms with E-state index >= 15 is 0 Å². The standard InChI is InChI=1S/C11H17BrN2O2S2/c1-7(17-3)6-14-18(15,16)11-5-9(12)4-10(13)8(11)2/h4-5,7,14H,6,13H2,1-3H3. The van der Waals surface area contributed by atoms with E-state index in [1.807, 2.05) is 13.2 Å². The molecule has 0 saturated carbocycles. The van der Waals surface area contributed by atoms with Crippen LogP contribution in [0.3, 0.4) is 0 Å². The predicted octanol–water partition coefficient (Wildman–Crippen LogP) is 2.37. The van der Waals surface area contributed by atoms with Crippen LogP contribution in [-0.2, 0) is 10.0 Å². The monoisotopic (exact) mass is 352 g/mol. The third-order valence-electron chi connectivity index (χ3n) is 2.62. The molecule has 102 valence electrons. The predicted molar refractivity (Wildman–Crippen MR) is 81.5 cm³/mol. The molecule has 0 fully saturated rings. The summed E-state index contributed by atoms with van der Waals surface area (Å²) in [6, 6.07) is 3.26. The van der Waals surface area contributed by atoms with E-state index in [0.717, 1.165) is 0 Å². The molecule has 1 unspecified atom stereocenters. The van der Waals surface area contributed by atoms with Gasteiger partial charge in [-0.15, -0.1) is 0 Å². The molecule has 0 aliphatic rings. The summed E-state index contributed by atoms with van der Waals surface area (Å²) >= 11 is 4.87. The highest BCUT2D eigenvalue weighted by Crippen LogP contribution is 2.26. The van der Waals surface area contributed by atoms with E-state index in [9.17, 15) is 8.42 Å². The van der Waals surface area contributed by atoms with Crippen molar-refractivity contribution in [3.8, 4) is 0 Å². The molecule has 3 N–H and O–H groups in total. The Kier molecular flexibility index (Phi) is 5.51. The Bertz CT molecular complexity index is 532. The summed E-state index contributed by atoms with van der Waals surface area (Å²) in [6.07, 6.45) is 1.95. The zero-order valence-electron chi connectivity index (χ0n) is 10.5. The van der Waals surface area contributed by atoms with Gasteiger partial charge in [0.25, 0.3) is 0 Å². The van der Waals surface area contributed by atoms with Crippen molar-refractivity contribution >= 4 is 43.4 Å². The molecule has 0 amide bonds. The molecule has 1 atom stereocenters. The Labute approximate surface area is 121 Å². The van der Waals surface area contributed by atoms with E-state index in [0.29, 0.717) is 22.3 Å². The molecule has 0 aliphatic heterocycles. The molecule has 0 aliphatic carbocycles. The Morgan fingerprint density at radius 2 is 2.11 bits per heavy atom. The molecule has 0 spiro atoms. The first-order valence-electron chi connectivity index (χ1n) is 5.36.